The highest BCUT2D eigenvalue weighted by Crippen LogP contribution is 2.16. The summed E-state index contributed by atoms with van der Waals surface area (Å²) < 4.78 is 16.9. The van der Waals surface area contributed by atoms with Crippen LogP contribution in [0.3, 0.4) is 0 Å². The molecule has 6 nitrogen and oxygen atoms in total. The molecular weight excluding hydrogens is 949 g/mol. The van der Waals surface area contributed by atoms with Crippen LogP contribution in [-0.2, 0) is 28.6 Å². The van der Waals surface area contributed by atoms with Gasteiger partial charge in [-0.05, 0) is 109 Å². The summed E-state index contributed by atoms with van der Waals surface area (Å²) in [4.78, 5) is 38.3. The van der Waals surface area contributed by atoms with Gasteiger partial charge in [0.1, 0.15) is 13.2 Å². The average Bonchev–Trinajstić information content (AvgIpc) is 3.43. The van der Waals surface area contributed by atoms with E-state index in [4.69, 9.17) is 14.2 Å². The van der Waals surface area contributed by atoms with Crippen LogP contribution in [-0.4, -0.2) is 37.2 Å². The van der Waals surface area contributed by atoms with Gasteiger partial charge in [0.2, 0.25) is 0 Å². The number of carbonyl (C=O) groups is 3. The Balaban J connectivity index is 4.42. The molecule has 6 heteroatoms. The first-order chi connectivity index (χ1) is 38.0. The molecule has 0 heterocycles. The Labute approximate surface area is 475 Å². The maximum Gasteiger partial charge on any atom is 0.306 e. The largest absolute Gasteiger partial charge is 0.462 e. The van der Waals surface area contributed by atoms with Gasteiger partial charge in [-0.3, -0.25) is 14.4 Å². The lowest BCUT2D eigenvalue weighted by atomic mass is 10.0. The molecule has 1 atom stereocenters. The fourth-order valence-corrected chi connectivity index (χ4v) is 8.67. The van der Waals surface area contributed by atoms with Crippen molar-refractivity contribution < 1.29 is 28.6 Å². The number of hydrogen-bond acceptors (Lipinski definition) is 6. The second-order valence-electron chi connectivity index (χ2n) is 20.9. The number of unbranched alkanes of at least 4 members (excludes halogenated alkanes) is 26. The second-order valence-corrected chi connectivity index (χ2v) is 20.9. The van der Waals surface area contributed by atoms with Crippen LogP contribution in [0.5, 0.6) is 0 Å². The monoisotopic (exact) mass is 1070 g/mol. The minimum atomic E-state index is -0.804. The smallest absolute Gasteiger partial charge is 0.306 e. The molecule has 0 saturated heterocycles. The van der Waals surface area contributed by atoms with Gasteiger partial charge in [-0.15, -0.1) is 0 Å². The molecule has 0 radical (unpaired) electrons. The number of rotatable bonds is 57. The topological polar surface area (TPSA) is 78.9 Å². The third-order valence-electron chi connectivity index (χ3n) is 13.4. The maximum absolute atomic E-state index is 12.9. The van der Waals surface area contributed by atoms with E-state index in [1.807, 2.05) is 0 Å². The van der Waals surface area contributed by atoms with Crippen LogP contribution in [0.25, 0.3) is 0 Å². The Morgan fingerprint density at radius 1 is 0.273 bits per heavy atom. The first kappa shape index (κ1) is 72.8. The Kier molecular flexibility index (Phi) is 60.8. The molecule has 0 aromatic heterocycles. The molecule has 0 rings (SSSR count). The van der Waals surface area contributed by atoms with Crippen LogP contribution < -0.4 is 0 Å². The summed E-state index contributed by atoms with van der Waals surface area (Å²) in [5, 5.41) is 0. The van der Waals surface area contributed by atoms with Gasteiger partial charge in [0.15, 0.2) is 6.10 Å². The zero-order chi connectivity index (χ0) is 55.7. The third kappa shape index (κ3) is 62.5. The van der Waals surface area contributed by atoms with Crippen molar-refractivity contribution in [1.29, 1.82) is 0 Å². The predicted octanol–water partition coefficient (Wildman–Crippen LogP) is 22.0. The van der Waals surface area contributed by atoms with Crippen LogP contribution in [0.4, 0.5) is 0 Å². The Bertz CT molecular complexity index is 1600. The van der Waals surface area contributed by atoms with Crippen molar-refractivity contribution in [1.82, 2.24) is 0 Å². The molecule has 1 unspecified atom stereocenters. The first-order valence-corrected chi connectivity index (χ1v) is 32.0. The molecule has 0 saturated carbocycles. The number of allylic oxidation sites excluding steroid dienone is 20. The van der Waals surface area contributed by atoms with Gasteiger partial charge in [0.25, 0.3) is 0 Å². The van der Waals surface area contributed by atoms with E-state index in [9.17, 15) is 14.4 Å². The molecule has 0 amide bonds. The number of ether oxygens (including phenoxy) is 3. The Morgan fingerprint density at radius 2 is 0.532 bits per heavy atom. The van der Waals surface area contributed by atoms with E-state index in [0.717, 1.165) is 135 Å². The summed E-state index contributed by atoms with van der Waals surface area (Å²) in [7, 11) is 0. The molecule has 77 heavy (non-hydrogen) atoms. The molecule has 0 aromatic carbocycles. The van der Waals surface area contributed by atoms with Crippen molar-refractivity contribution in [2.75, 3.05) is 13.2 Å². The van der Waals surface area contributed by atoms with Crippen LogP contribution in [0.1, 0.15) is 290 Å². The van der Waals surface area contributed by atoms with E-state index in [0.29, 0.717) is 25.7 Å². The summed E-state index contributed by atoms with van der Waals surface area (Å²) in [6.45, 7) is 6.43. The summed E-state index contributed by atoms with van der Waals surface area (Å²) in [6.07, 6.45) is 89.2. The average molecular weight is 1070 g/mol. The second kappa shape index (κ2) is 64.3. The van der Waals surface area contributed by atoms with E-state index >= 15 is 0 Å². The van der Waals surface area contributed by atoms with Gasteiger partial charge >= 0.3 is 17.9 Å². The lowest BCUT2D eigenvalue weighted by Gasteiger charge is -2.18. The van der Waals surface area contributed by atoms with Gasteiger partial charge < -0.3 is 14.2 Å². The number of carbonyl (C=O) groups excluding carboxylic acids is 3. The Morgan fingerprint density at radius 3 is 0.870 bits per heavy atom. The number of hydrogen-bond donors (Lipinski definition) is 0. The quantitative estimate of drug-likeness (QED) is 0.0261. The predicted molar refractivity (Wildman–Crippen MR) is 334 cm³/mol. The normalized spacial score (nSPS) is 12.9. The van der Waals surface area contributed by atoms with Crippen molar-refractivity contribution in [3.63, 3.8) is 0 Å². The summed E-state index contributed by atoms with van der Waals surface area (Å²) in [6, 6.07) is 0. The highest BCUT2D eigenvalue weighted by atomic mass is 16.6. The molecule has 0 bridgehead atoms. The fourth-order valence-electron chi connectivity index (χ4n) is 8.67. The molecule has 0 aliphatic carbocycles. The van der Waals surface area contributed by atoms with Crippen molar-refractivity contribution in [3.8, 4) is 0 Å². The zero-order valence-electron chi connectivity index (χ0n) is 50.2. The third-order valence-corrected chi connectivity index (χ3v) is 13.4. The van der Waals surface area contributed by atoms with Gasteiger partial charge in [0, 0.05) is 19.3 Å². The van der Waals surface area contributed by atoms with E-state index < -0.39 is 6.10 Å². The van der Waals surface area contributed by atoms with Gasteiger partial charge in [-0.25, -0.2) is 0 Å². The molecular formula is C71H118O6. The van der Waals surface area contributed by atoms with Crippen LogP contribution in [0, 0.1) is 0 Å². The fraction of sp³-hybridized carbons (Fsp3) is 0.676. The van der Waals surface area contributed by atoms with Gasteiger partial charge in [-0.1, -0.05) is 284 Å². The summed E-state index contributed by atoms with van der Waals surface area (Å²) in [5.41, 5.74) is 0. The lowest BCUT2D eigenvalue weighted by Crippen LogP contribution is -2.30. The van der Waals surface area contributed by atoms with E-state index in [1.165, 1.54) is 109 Å². The highest BCUT2D eigenvalue weighted by molar-refractivity contribution is 5.71. The van der Waals surface area contributed by atoms with Crippen LogP contribution in [0.15, 0.2) is 122 Å². The van der Waals surface area contributed by atoms with Crippen molar-refractivity contribution in [2.45, 2.75) is 297 Å². The number of esters is 3. The highest BCUT2D eigenvalue weighted by Gasteiger charge is 2.19. The molecule has 0 aromatic rings. The van der Waals surface area contributed by atoms with Gasteiger partial charge in [-0.2, -0.15) is 0 Å². The minimum Gasteiger partial charge on any atom is -0.462 e. The Hall–Kier alpha value is -4.19. The van der Waals surface area contributed by atoms with E-state index in [2.05, 4.69) is 142 Å². The van der Waals surface area contributed by atoms with Gasteiger partial charge in [0.05, 0.1) is 0 Å². The SMILES string of the molecule is CC/C=C\C/C=C\C/C=C\C/C=C\C/C=C\C/C=C\C/C=C\C/C=C\CCCCC(=O)OCC(COC(=O)CCCCCCC/C=C\C/C=C\CCC)OC(=O)CCCCCCCCCCCCCCCCCCCCC. The molecule has 0 aliphatic heterocycles. The van der Waals surface area contributed by atoms with Crippen molar-refractivity contribution in [2.24, 2.45) is 0 Å². The first-order valence-electron chi connectivity index (χ1n) is 32.0. The summed E-state index contributed by atoms with van der Waals surface area (Å²) >= 11 is 0. The minimum absolute atomic E-state index is 0.0996. The van der Waals surface area contributed by atoms with Crippen LogP contribution >= 0.6 is 0 Å². The molecule has 0 N–H and O–H groups in total. The molecule has 0 fully saturated rings. The molecule has 0 aliphatic rings. The zero-order valence-corrected chi connectivity index (χ0v) is 50.2. The standard InChI is InChI=1S/C71H118O6/c1-4-7-10-13-16-19-22-25-27-29-31-32-33-34-35-36-37-38-40-41-43-46-49-52-55-58-61-64-70(73)76-67-68(66-75-69(72)63-60-57-54-51-48-45-24-21-18-15-12-9-6-3)77-71(74)65-62-59-56-53-50-47-44-42-39-30-28-26-23-20-17-14-11-8-5-2/h7,10,12,15-16,19,21,24-25,27,31-32,34-35,37-38,41,43,49,52,68H,4-6,8-9,11,13-14,17-18,20,22-23,26,28-30,33,36,39-40,42,44-48,50-51,53-67H2,1-3H3/b10-7-,15-12-,19-16-,24-21-,27-25-,32-31-,35-34-,38-37-,43-41-,52-49-. The molecule has 438 valence electrons. The van der Waals surface area contributed by atoms with E-state index in [1.54, 1.807) is 0 Å². The molecule has 0 spiro atoms. The van der Waals surface area contributed by atoms with Crippen molar-refractivity contribution >= 4 is 17.9 Å². The lowest BCUT2D eigenvalue weighted by molar-refractivity contribution is -0.167. The maximum atomic E-state index is 12.9. The summed E-state index contributed by atoms with van der Waals surface area (Å²) in [5.74, 6) is -0.951. The van der Waals surface area contributed by atoms with Crippen molar-refractivity contribution in [3.05, 3.63) is 122 Å². The van der Waals surface area contributed by atoms with E-state index in [-0.39, 0.29) is 31.1 Å². The van der Waals surface area contributed by atoms with Crippen LogP contribution in [0.2, 0.25) is 0 Å².